The average Bonchev–Trinajstić information content (AvgIpc) is 2.58. The van der Waals surface area contributed by atoms with Crippen molar-refractivity contribution in [2.45, 2.75) is 13.8 Å². The minimum absolute atomic E-state index is 0.0730. The summed E-state index contributed by atoms with van der Waals surface area (Å²) in [7, 11) is 0. The quantitative estimate of drug-likeness (QED) is 0.799. The van der Waals surface area contributed by atoms with E-state index in [9.17, 15) is 4.79 Å². The Labute approximate surface area is 87.8 Å². The van der Waals surface area contributed by atoms with E-state index in [1.54, 1.807) is 6.92 Å². The lowest BCUT2D eigenvalue weighted by Crippen LogP contribution is -2.48. The molecule has 0 aliphatic carbocycles. The molecule has 15 heavy (non-hydrogen) atoms. The van der Waals surface area contributed by atoms with Crippen LogP contribution in [0, 0.1) is 12.3 Å². The van der Waals surface area contributed by atoms with Crippen molar-refractivity contribution in [2.75, 3.05) is 19.8 Å². The number of ether oxygens (including phenoxy) is 1. The zero-order valence-electron chi connectivity index (χ0n) is 8.87. The third kappa shape index (κ3) is 2.02. The zero-order valence-corrected chi connectivity index (χ0v) is 8.87. The molecule has 0 unspecified atom stereocenters. The molecule has 0 atom stereocenters. The zero-order chi connectivity index (χ0) is 10.9. The minimum atomic E-state index is -0.210. The van der Waals surface area contributed by atoms with Crippen molar-refractivity contribution in [3.8, 4) is 0 Å². The van der Waals surface area contributed by atoms with Crippen LogP contribution in [0.4, 0.5) is 0 Å². The van der Waals surface area contributed by atoms with Crippen LogP contribution in [0.5, 0.6) is 0 Å². The summed E-state index contributed by atoms with van der Waals surface area (Å²) in [5.74, 6) is 0.0805. The van der Waals surface area contributed by atoms with E-state index in [0.29, 0.717) is 25.5 Å². The molecule has 0 spiro atoms. The van der Waals surface area contributed by atoms with Gasteiger partial charge in [0.2, 0.25) is 5.76 Å². The summed E-state index contributed by atoms with van der Waals surface area (Å²) in [5, 5.41) is 6.38. The second kappa shape index (κ2) is 3.66. The predicted molar refractivity (Wildman–Crippen MR) is 52.5 cm³/mol. The van der Waals surface area contributed by atoms with Crippen LogP contribution in [0.1, 0.15) is 23.0 Å². The lowest BCUT2D eigenvalue weighted by atomic mass is 9.89. The molecule has 1 N–H and O–H groups in total. The molecule has 0 bridgehead atoms. The Bertz CT molecular complexity index is 368. The summed E-state index contributed by atoms with van der Waals surface area (Å²) in [6, 6.07) is 0. The van der Waals surface area contributed by atoms with Crippen LogP contribution in [-0.2, 0) is 4.74 Å². The van der Waals surface area contributed by atoms with Crippen LogP contribution in [-0.4, -0.2) is 30.8 Å². The van der Waals surface area contributed by atoms with Gasteiger partial charge >= 0.3 is 0 Å². The number of rotatable bonds is 3. The summed E-state index contributed by atoms with van der Waals surface area (Å²) < 4.78 is 9.95. The average molecular weight is 210 g/mol. The van der Waals surface area contributed by atoms with Crippen molar-refractivity contribution in [3.63, 3.8) is 0 Å². The van der Waals surface area contributed by atoms with Gasteiger partial charge < -0.3 is 14.6 Å². The molecular formula is C10H14N2O3. The number of nitrogens with zero attached hydrogens (tertiary/aromatic N) is 1. The molecule has 5 nitrogen and oxygen atoms in total. The van der Waals surface area contributed by atoms with E-state index in [1.807, 2.05) is 0 Å². The van der Waals surface area contributed by atoms with Gasteiger partial charge in [0.1, 0.15) is 0 Å². The highest BCUT2D eigenvalue weighted by Crippen LogP contribution is 2.25. The fraction of sp³-hybridized carbons (Fsp3) is 0.600. The molecule has 1 aliphatic heterocycles. The summed E-state index contributed by atoms with van der Waals surface area (Å²) in [6.45, 7) is 5.86. The second-order valence-electron chi connectivity index (χ2n) is 4.32. The number of amides is 1. The summed E-state index contributed by atoms with van der Waals surface area (Å²) >= 11 is 0. The highest BCUT2D eigenvalue weighted by molar-refractivity contribution is 5.92. The van der Waals surface area contributed by atoms with Crippen LogP contribution in [0.3, 0.4) is 0 Å². The highest BCUT2D eigenvalue weighted by atomic mass is 16.5. The van der Waals surface area contributed by atoms with E-state index >= 15 is 0 Å². The van der Waals surface area contributed by atoms with Gasteiger partial charge in [0.05, 0.1) is 19.4 Å². The van der Waals surface area contributed by atoms with Gasteiger partial charge in [-0.15, -0.1) is 0 Å². The van der Waals surface area contributed by atoms with Crippen LogP contribution >= 0.6 is 0 Å². The van der Waals surface area contributed by atoms with Gasteiger partial charge in [0.25, 0.3) is 5.91 Å². The largest absolute Gasteiger partial charge is 0.380 e. The van der Waals surface area contributed by atoms with Crippen molar-refractivity contribution < 1.29 is 14.1 Å². The minimum Gasteiger partial charge on any atom is -0.380 e. The van der Waals surface area contributed by atoms with Gasteiger partial charge in [-0.1, -0.05) is 12.1 Å². The predicted octanol–water partition coefficient (Wildman–Crippen LogP) is 0.749. The molecule has 82 valence electrons. The molecule has 1 aromatic heterocycles. The normalized spacial score (nSPS) is 18.3. The van der Waals surface area contributed by atoms with E-state index in [4.69, 9.17) is 9.26 Å². The van der Waals surface area contributed by atoms with Gasteiger partial charge in [-0.05, 0) is 6.92 Å². The summed E-state index contributed by atoms with van der Waals surface area (Å²) in [6.07, 6.45) is 1.53. The first-order valence-electron chi connectivity index (χ1n) is 4.88. The number of aryl methyl sites for hydroxylation is 1. The van der Waals surface area contributed by atoms with Crippen LogP contribution < -0.4 is 5.32 Å². The maximum absolute atomic E-state index is 11.6. The molecule has 1 aliphatic rings. The number of aromatic nitrogens is 1. The smallest absolute Gasteiger partial charge is 0.290 e. The van der Waals surface area contributed by atoms with Crippen molar-refractivity contribution in [1.82, 2.24) is 10.5 Å². The Morgan fingerprint density at radius 1 is 1.67 bits per heavy atom. The summed E-state index contributed by atoms with van der Waals surface area (Å²) in [5.41, 5.74) is 0.825. The molecule has 1 saturated heterocycles. The molecule has 1 amide bonds. The number of carbonyl (C=O) groups is 1. The third-order valence-corrected chi connectivity index (χ3v) is 2.53. The van der Waals surface area contributed by atoms with E-state index < -0.39 is 0 Å². The Morgan fingerprint density at radius 2 is 2.40 bits per heavy atom. The SMILES string of the molecule is Cc1cnoc1C(=O)NCC1(C)COC1. The molecule has 0 aromatic carbocycles. The maximum Gasteiger partial charge on any atom is 0.290 e. The Kier molecular flexibility index (Phi) is 2.48. The van der Waals surface area contributed by atoms with Crippen molar-refractivity contribution in [2.24, 2.45) is 5.41 Å². The van der Waals surface area contributed by atoms with Gasteiger partial charge in [0, 0.05) is 17.5 Å². The number of carbonyl (C=O) groups excluding carboxylic acids is 1. The molecule has 0 radical (unpaired) electrons. The molecule has 1 aromatic rings. The Morgan fingerprint density at radius 3 is 2.87 bits per heavy atom. The summed E-state index contributed by atoms with van der Waals surface area (Å²) in [4.78, 5) is 11.6. The first-order valence-corrected chi connectivity index (χ1v) is 4.88. The van der Waals surface area contributed by atoms with Crippen molar-refractivity contribution in [1.29, 1.82) is 0 Å². The highest BCUT2D eigenvalue weighted by Gasteiger charge is 2.34. The fourth-order valence-corrected chi connectivity index (χ4v) is 1.44. The van der Waals surface area contributed by atoms with Crippen molar-refractivity contribution >= 4 is 5.91 Å². The number of nitrogens with one attached hydrogen (secondary N) is 1. The fourth-order valence-electron chi connectivity index (χ4n) is 1.44. The van der Waals surface area contributed by atoms with Gasteiger partial charge in [-0.2, -0.15) is 0 Å². The molecule has 2 rings (SSSR count). The first-order chi connectivity index (χ1) is 7.11. The molecule has 1 fully saturated rings. The van der Waals surface area contributed by atoms with E-state index in [2.05, 4.69) is 17.4 Å². The lowest BCUT2D eigenvalue weighted by Gasteiger charge is -2.37. The van der Waals surface area contributed by atoms with Gasteiger partial charge in [0.15, 0.2) is 0 Å². The van der Waals surface area contributed by atoms with Gasteiger partial charge in [-0.3, -0.25) is 4.79 Å². The first kappa shape index (κ1) is 10.2. The molecule has 0 saturated carbocycles. The van der Waals surface area contributed by atoms with E-state index in [-0.39, 0.29) is 11.3 Å². The van der Waals surface area contributed by atoms with E-state index in [0.717, 1.165) is 5.56 Å². The van der Waals surface area contributed by atoms with Gasteiger partial charge in [-0.25, -0.2) is 0 Å². The maximum atomic E-state index is 11.6. The monoisotopic (exact) mass is 210 g/mol. The molecule has 2 heterocycles. The Balaban J connectivity index is 1.90. The number of hydrogen-bond acceptors (Lipinski definition) is 4. The van der Waals surface area contributed by atoms with E-state index in [1.165, 1.54) is 6.20 Å². The third-order valence-electron chi connectivity index (χ3n) is 2.53. The standard InChI is InChI=1S/C10H14N2O3/c1-7-3-12-15-8(7)9(13)11-4-10(2)5-14-6-10/h3H,4-6H2,1-2H3,(H,11,13). The van der Waals surface area contributed by atoms with Crippen molar-refractivity contribution in [3.05, 3.63) is 17.5 Å². The van der Waals surface area contributed by atoms with Crippen LogP contribution in [0.15, 0.2) is 10.7 Å². The van der Waals surface area contributed by atoms with Crippen LogP contribution in [0.2, 0.25) is 0 Å². The number of hydrogen-bond donors (Lipinski definition) is 1. The van der Waals surface area contributed by atoms with Crippen LogP contribution in [0.25, 0.3) is 0 Å². The Hall–Kier alpha value is -1.36. The second-order valence-corrected chi connectivity index (χ2v) is 4.32. The molecular weight excluding hydrogens is 196 g/mol. The lowest BCUT2D eigenvalue weighted by molar-refractivity contribution is -0.0978. The topological polar surface area (TPSA) is 64.4 Å². The molecule has 5 heteroatoms.